The molecule has 0 bridgehead atoms. The first kappa shape index (κ1) is 32.7. The minimum Gasteiger partial charge on any atom is -0.373 e. The Bertz CT molecular complexity index is 1730. The fraction of sp³-hybridized carbons (Fsp3) is 0.406. The molecule has 240 valence electrons. The zero-order chi connectivity index (χ0) is 32.2. The molecule has 0 spiro atoms. The molecule has 2 aromatic heterocycles. The normalized spacial score (nSPS) is 17.5. The van der Waals surface area contributed by atoms with Crippen LogP contribution in [0.2, 0.25) is 5.02 Å². The first-order valence-corrected chi connectivity index (χ1v) is 15.5. The number of hydrogen-bond acceptors (Lipinski definition) is 6. The summed E-state index contributed by atoms with van der Waals surface area (Å²) < 4.78 is 47.2. The number of aromatic amines is 1. The number of piperidine rings is 1. The second kappa shape index (κ2) is 14.2. The van der Waals surface area contributed by atoms with Crippen molar-refractivity contribution in [2.24, 2.45) is 11.5 Å². The molecule has 0 saturated carbocycles. The van der Waals surface area contributed by atoms with Gasteiger partial charge in [0.2, 0.25) is 0 Å². The van der Waals surface area contributed by atoms with Crippen LogP contribution in [0.1, 0.15) is 62.6 Å². The average molecular weight is 643 g/mol. The van der Waals surface area contributed by atoms with Crippen LogP contribution in [0.25, 0.3) is 28.0 Å². The molecule has 1 saturated heterocycles. The topological polar surface area (TPSA) is 151 Å². The Labute approximate surface area is 264 Å². The number of aromatic nitrogens is 3. The van der Waals surface area contributed by atoms with E-state index in [0.717, 1.165) is 47.9 Å². The summed E-state index contributed by atoms with van der Waals surface area (Å²) in [5, 5.41) is 14.3. The monoisotopic (exact) mass is 642 g/mol. The molecule has 8 N–H and O–H groups in total. The lowest BCUT2D eigenvalue weighted by molar-refractivity contribution is 0.300. The van der Waals surface area contributed by atoms with Gasteiger partial charge in [-0.2, -0.15) is 4.98 Å². The summed E-state index contributed by atoms with van der Waals surface area (Å²) in [5.74, 6) is -1.92. The Hall–Kier alpha value is -3.71. The van der Waals surface area contributed by atoms with Gasteiger partial charge in [0.15, 0.2) is 5.82 Å². The lowest BCUT2D eigenvalue weighted by Gasteiger charge is -2.32. The zero-order valence-electron chi connectivity index (χ0n) is 25.0. The lowest BCUT2D eigenvalue weighted by Crippen LogP contribution is -2.40. The highest BCUT2D eigenvalue weighted by Crippen LogP contribution is 2.33. The summed E-state index contributed by atoms with van der Waals surface area (Å²) in [6, 6.07) is 6.71. The standard InChI is InChI=1S/C32H38ClF3N8O/c1-17(38)4-2-5-18-10-22(30(36)23(33)11-18)27-12-19-16-44(32(45)43-31(19)42-27)21-13-24(34)29(25(35)14-21)26-7-3-6-20(41-26)8-9-40-28(39)15-37/h10-14,16-17,20,26,41H,2-9,15,37-38H2,1H3,(H2,39,40)(H,42,43,45)/t17-,20-,26-/m0/s1. The van der Waals surface area contributed by atoms with Gasteiger partial charge in [0.25, 0.3) is 0 Å². The first-order valence-electron chi connectivity index (χ1n) is 15.2. The van der Waals surface area contributed by atoms with Gasteiger partial charge in [-0.3, -0.25) is 9.98 Å². The van der Waals surface area contributed by atoms with Crippen LogP contribution in [-0.4, -0.2) is 45.5 Å². The van der Waals surface area contributed by atoms with Gasteiger partial charge in [-0.25, -0.2) is 18.0 Å². The maximum atomic E-state index is 15.5. The summed E-state index contributed by atoms with van der Waals surface area (Å²) in [4.78, 5) is 20.0. The van der Waals surface area contributed by atoms with E-state index in [1.165, 1.54) is 6.20 Å². The van der Waals surface area contributed by atoms with Gasteiger partial charge < -0.3 is 27.1 Å². The summed E-state index contributed by atoms with van der Waals surface area (Å²) in [6.45, 7) is 2.58. The molecular weight excluding hydrogens is 605 g/mol. The summed E-state index contributed by atoms with van der Waals surface area (Å²) in [5.41, 5.74) is 12.1. The Morgan fingerprint density at radius 3 is 2.67 bits per heavy atom. The molecule has 9 nitrogen and oxygen atoms in total. The number of nitrogens with one attached hydrogen (secondary N) is 4. The van der Waals surface area contributed by atoms with E-state index in [1.54, 1.807) is 18.2 Å². The van der Waals surface area contributed by atoms with Gasteiger partial charge in [-0.1, -0.05) is 18.0 Å². The van der Waals surface area contributed by atoms with Gasteiger partial charge in [0.05, 0.1) is 22.9 Å². The Balaban J connectivity index is 1.39. The molecule has 0 aliphatic carbocycles. The van der Waals surface area contributed by atoms with Crippen LogP contribution in [0, 0.1) is 22.9 Å². The molecule has 1 fully saturated rings. The molecule has 0 amide bonds. The molecule has 2 aromatic carbocycles. The second-order valence-electron chi connectivity index (χ2n) is 11.8. The van der Waals surface area contributed by atoms with Crippen LogP contribution < -0.4 is 27.8 Å². The van der Waals surface area contributed by atoms with Crippen molar-refractivity contribution in [3.8, 4) is 16.9 Å². The van der Waals surface area contributed by atoms with Crippen molar-refractivity contribution < 1.29 is 13.2 Å². The van der Waals surface area contributed by atoms with Crippen molar-refractivity contribution in [2.45, 2.75) is 70.0 Å². The van der Waals surface area contributed by atoms with Gasteiger partial charge in [0.1, 0.15) is 23.1 Å². The van der Waals surface area contributed by atoms with Crippen LogP contribution in [0.5, 0.6) is 0 Å². The predicted molar refractivity (Wildman–Crippen MR) is 172 cm³/mol. The van der Waals surface area contributed by atoms with Crippen molar-refractivity contribution in [3.05, 3.63) is 80.6 Å². The third-order valence-electron chi connectivity index (χ3n) is 8.22. The van der Waals surface area contributed by atoms with Crippen LogP contribution in [0.3, 0.4) is 0 Å². The molecule has 1 aliphatic heterocycles. The van der Waals surface area contributed by atoms with E-state index in [9.17, 15) is 4.79 Å². The molecule has 0 radical (unpaired) electrons. The number of nitrogens with zero attached hydrogens (tertiary/aromatic N) is 2. The predicted octanol–water partition coefficient (Wildman–Crippen LogP) is 5.22. The molecule has 0 unspecified atom stereocenters. The average Bonchev–Trinajstić information content (AvgIpc) is 3.40. The Kier molecular flexibility index (Phi) is 10.3. The van der Waals surface area contributed by atoms with E-state index in [2.05, 4.69) is 20.6 Å². The lowest BCUT2D eigenvalue weighted by atomic mass is 9.91. The van der Waals surface area contributed by atoms with E-state index in [0.29, 0.717) is 36.9 Å². The summed E-state index contributed by atoms with van der Waals surface area (Å²) in [6.07, 6.45) is 6.59. The minimum atomic E-state index is -0.773. The second-order valence-corrected chi connectivity index (χ2v) is 12.2. The molecule has 4 aromatic rings. The Morgan fingerprint density at radius 1 is 1.20 bits per heavy atom. The van der Waals surface area contributed by atoms with Crippen LogP contribution >= 0.6 is 11.6 Å². The number of rotatable bonds is 11. The number of H-pyrrole nitrogens is 1. The molecule has 3 heterocycles. The van der Waals surface area contributed by atoms with Gasteiger partial charge in [0, 0.05) is 47.4 Å². The van der Waals surface area contributed by atoms with E-state index in [4.69, 9.17) is 28.5 Å². The number of hydrogen-bond donors (Lipinski definition) is 6. The number of aryl methyl sites for hydroxylation is 1. The minimum absolute atomic E-state index is 0.0156. The molecule has 5 rings (SSSR count). The fourth-order valence-corrected chi connectivity index (χ4v) is 6.17. The highest BCUT2D eigenvalue weighted by atomic mass is 35.5. The van der Waals surface area contributed by atoms with E-state index < -0.39 is 29.2 Å². The first-order chi connectivity index (χ1) is 21.5. The fourth-order valence-electron chi connectivity index (χ4n) is 5.93. The number of fused-ring (bicyclic) bond motifs is 1. The smallest absolute Gasteiger partial charge is 0.354 e. The van der Waals surface area contributed by atoms with Crippen molar-refractivity contribution in [2.75, 3.05) is 13.1 Å². The van der Waals surface area contributed by atoms with Crippen molar-refractivity contribution in [1.82, 2.24) is 25.2 Å². The molecule has 13 heteroatoms. The number of amidine groups is 1. The third-order valence-corrected chi connectivity index (χ3v) is 8.49. The number of nitrogens with two attached hydrogens (primary N) is 2. The highest BCUT2D eigenvalue weighted by molar-refractivity contribution is 6.31. The van der Waals surface area contributed by atoms with Gasteiger partial charge >= 0.3 is 5.69 Å². The Morgan fingerprint density at radius 2 is 1.96 bits per heavy atom. The summed E-state index contributed by atoms with van der Waals surface area (Å²) >= 11 is 6.21. The quantitative estimate of drug-likeness (QED) is 0.0975. The number of benzene rings is 2. The molecule has 45 heavy (non-hydrogen) atoms. The van der Waals surface area contributed by atoms with E-state index in [1.807, 2.05) is 6.92 Å². The largest absolute Gasteiger partial charge is 0.373 e. The molecule has 1 aliphatic rings. The van der Waals surface area contributed by atoms with Crippen molar-refractivity contribution in [1.29, 1.82) is 5.41 Å². The maximum Gasteiger partial charge on any atom is 0.354 e. The SMILES string of the molecule is C[C@H](N)CCCc1cc(Cl)c(F)c(-c2cc3cn(-c4cc(F)c([C@@H]5CCC[C@@H](CCNC(=N)CN)N5)c(F)c4)c(=O)nc3[nH]2)c1. The van der Waals surface area contributed by atoms with Gasteiger partial charge in [-0.15, -0.1) is 0 Å². The maximum absolute atomic E-state index is 15.5. The number of halogens is 4. The van der Waals surface area contributed by atoms with E-state index >= 15 is 13.2 Å². The van der Waals surface area contributed by atoms with E-state index in [-0.39, 0.29) is 51.9 Å². The highest BCUT2D eigenvalue weighted by Gasteiger charge is 2.27. The zero-order valence-corrected chi connectivity index (χ0v) is 25.8. The molecule has 3 atom stereocenters. The van der Waals surface area contributed by atoms with Crippen molar-refractivity contribution in [3.63, 3.8) is 0 Å². The summed E-state index contributed by atoms with van der Waals surface area (Å²) in [7, 11) is 0. The van der Waals surface area contributed by atoms with Crippen LogP contribution in [-0.2, 0) is 6.42 Å². The van der Waals surface area contributed by atoms with Crippen LogP contribution in [0.15, 0.2) is 41.3 Å². The third kappa shape index (κ3) is 7.58. The van der Waals surface area contributed by atoms with Crippen molar-refractivity contribution >= 4 is 28.5 Å². The van der Waals surface area contributed by atoms with Crippen LogP contribution in [0.4, 0.5) is 13.2 Å². The molecular formula is C32H38ClF3N8O. The van der Waals surface area contributed by atoms with Gasteiger partial charge in [-0.05, 0) is 81.3 Å².